The molecule has 3 rings (SSSR count). The minimum Gasteiger partial charge on any atom is -0.468 e. The third-order valence-electron chi connectivity index (χ3n) is 4.40. The normalized spacial score (nSPS) is 16.2. The van der Waals surface area contributed by atoms with Gasteiger partial charge in [-0.15, -0.1) is 11.8 Å². The summed E-state index contributed by atoms with van der Waals surface area (Å²) in [4.78, 5) is 15.8. The third kappa shape index (κ3) is 4.42. The molecule has 1 saturated heterocycles. The first-order valence-corrected chi connectivity index (χ1v) is 9.45. The number of benzene rings is 1. The molecule has 0 saturated carbocycles. The molecule has 1 atom stereocenters. The number of rotatable bonds is 7. The Morgan fingerprint density at radius 3 is 2.75 bits per heavy atom. The van der Waals surface area contributed by atoms with Crippen LogP contribution in [0, 0.1) is 6.92 Å². The highest BCUT2D eigenvalue weighted by molar-refractivity contribution is 8.00. The van der Waals surface area contributed by atoms with E-state index in [-0.39, 0.29) is 11.9 Å². The van der Waals surface area contributed by atoms with Crippen LogP contribution in [0.5, 0.6) is 0 Å². The largest absolute Gasteiger partial charge is 0.468 e. The van der Waals surface area contributed by atoms with Crippen molar-refractivity contribution in [3.8, 4) is 0 Å². The summed E-state index contributed by atoms with van der Waals surface area (Å²) in [5.41, 5.74) is 1.21. The summed E-state index contributed by atoms with van der Waals surface area (Å²) in [7, 11) is 0. The first-order valence-electron chi connectivity index (χ1n) is 8.46. The second kappa shape index (κ2) is 8.40. The van der Waals surface area contributed by atoms with Gasteiger partial charge in [-0.25, -0.2) is 0 Å². The van der Waals surface area contributed by atoms with E-state index in [1.165, 1.54) is 18.4 Å². The van der Waals surface area contributed by atoms with Crippen LogP contribution in [0.25, 0.3) is 0 Å². The van der Waals surface area contributed by atoms with Gasteiger partial charge in [0, 0.05) is 11.4 Å². The van der Waals surface area contributed by atoms with Gasteiger partial charge >= 0.3 is 0 Å². The number of nitrogens with zero attached hydrogens (tertiary/aromatic N) is 1. The van der Waals surface area contributed by atoms with Crippen LogP contribution in [0.2, 0.25) is 0 Å². The molecule has 128 valence electrons. The molecule has 5 heteroatoms. The van der Waals surface area contributed by atoms with E-state index in [1.54, 1.807) is 18.0 Å². The maximum atomic E-state index is 12.2. The Balaban J connectivity index is 1.52. The summed E-state index contributed by atoms with van der Waals surface area (Å²) in [6, 6.07) is 12.2. The third-order valence-corrected chi connectivity index (χ3v) is 5.57. The fourth-order valence-corrected chi connectivity index (χ4v) is 3.93. The first-order chi connectivity index (χ1) is 11.7. The van der Waals surface area contributed by atoms with Crippen molar-refractivity contribution in [1.29, 1.82) is 0 Å². The van der Waals surface area contributed by atoms with Crippen molar-refractivity contribution in [3.05, 3.63) is 54.0 Å². The molecule has 1 aromatic carbocycles. The number of hydrogen-bond acceptors (Lipinski definition) is 4. The Hall–Kier alpha value is -1.72. The van der Waals surface area contributed by atoms with Crippen molar-refractivity contribution in [2.24, 2.45) is 0 Å². The zero-order valence-electron chi connectivity index (χ0n) is 14.0. The molecule has 1 aliphatic heterocycles. The summed E-state index contributed by atoms with van der Waals surface area (Å²) in [5, 5.41) is 3.08. The summed E-state index contributed by atoms with van der Waals surface area (Å²) in [5.74, 6) is 1.44. The average molecular weight is 344 g/mol. The Morgan fingerprint density at radius 2 is 2.04 bits per heavy atom. The molecule has 2 heterocycles. The van der Waals surface area contributed by atoms with E-state index in [2.05, 4.69) is 29.3 Å². The van der Waals surface area contributed by atoms with Crippen LogP contribution in [-0.4, -0.2) is 36.2 Å². The van der Waals surface area contributed by atoms with Crippen LogP contribution in [0.4, 0.5) is 0 Å². The van der Waals surface area contributed by atoms with E-state index in [4.69, 9.17) is 4.42 Å². The Labute approximate surface area is 147 Å². The molecule has 1 amide bonds. The Morgan fingerprint density at radius 1 is 1.25 bits per heavy atom. The summed E-state index contributed by atoms with van der Waals surface area (Å²) >= 11 is 1.59. The minimum atomic E-state index is 0.0685. The number of carbonyl (C=O) groups is 1. The molecule has 0 radical (unpaired) electrons. The van der Waals surface area contributed by atoms with Gasteiger partial charge in [-0.05, 0) is 56.6 Å². The van der Waals surface area contributed by atoms with Gasteiger partial charge in [0.1, 0.15) is 5.76 Å². The van der Waals surface area contributed by atoms with Crippen molar-refractivity contribution in [1.82, 2.24) is 10.2 Å². The minimum absolute atomic E-state index is 0.0685. The molecule has 0 bridgehead atoms. The van der Waals surface area contributed by atoms with Gasteiger partial charge in [0.05, 0.1) is 18.1 Å². The lowest BCUT2D eigenvalue weighted by Gasteiger charge is -2.26. The van der Waals surface area contributed by atoms with Gasteiger partial charge in [0.2, 0.25) is 5.91 Å². The Kier molecular flexibility index (Phi) is 5.99. The fourth-order valence-electron chi connectivity index (χ4n) is 3.07. The van der Waals surface area contributed by atoms with E-state index in [0.29, 0.717) is 12.3 Å². The zero-order chi connectivity index (χ0) is 16.8. The maximum Gasteiger partial charge on any atom is 0.230 e. The number of amides is 1. The topological polar surface area (TPSA) is 45.5 Å². The van der Waals surface area contributed by atoms with Gasteiger partial charge in [-0.1, -0.05) is 18.2 Å². The smallest absolute Gasteiger partial charge is 0.230 e. The maximum absolute atomic E-state index is 12.2. The van der Waals surface area contributed by atoms with E-state index in [0.717, 1.165) is 23.7 Å². The van der Waals surface area contributed by atoms with E-state index in [9.17, 15) is 4.79 Å². The zero-order valence-corrected chi connectivity index (χ0v) is 14.8. The number of carbonyl (C=O) groups excluding carboxylic acids is 1. The van der Waals surface area contributed by atoms with Crippen LogP contribution in [0.3, 0.4) is 0 Å². The molecule has 0 spiro atoms. The monoisotopic (exact) mass is 344 g/mol. The van der Waals surface area contributed by atoms with Gasteiger partial charge in [-0.3, -0.25) is 9.69 Å². The standard InChI is InChI=1S/C19H24N2O2S/c1-15-7-2-3-9-18(15)24-14-19(22)20-13-16(17-8-6-12-23-17)21-10-4-5-11-21/h2-3,6-9,12,16H,4-5,10-11,13-14H2,1H3,(H,20,22). The van der Waals surface area contributed by atoms with Gasteiger partial charge in [0.25, 0.3) is 0 Å². The molecule has 4 nitrogen and oxygen atoms in total. The highest BCUT2D eigenvalue weighted by Crippen LogP contribution is 2.25. The van der Waals surface area contributed by atoms with E-state index in [1.807, 2.05) is 24.3 Å². The van der Waals surface area contributed by atoms with E-state index >= 15 is 0 Å². The van der Waals surface area contributed by atoms with Crippen LogP contribution in [0.1, 0.15) is 30.2 Å². The second-order valence-electron chi connectivity index (χ2n) is 6.13. The number of likely N-dealkylation sites (tertiary alicyclic amines) is 1. The molecular weight excluding hydrogens is 320 g/mol. The molecule has 1 N–H and O–H groups in total. The molecule has 2 aromatic rings. The predicted molar refractivity (Wildman–Crippen MR) is 97.2 cm³/mol. The number of furan rings is 1. The van der Waals surface area contributed by atoms with Crippen LogP contribution >= 0.6 is 11.8 Å². The first kappa shape index (κ1) is 17.1. The lowest BCUT2D eigenvalue weighted by atomic mass is 10.2. The quantitative estimate of drug-likeness (QED) is 0.779. The predicted octanol–water partition coefficient (Wildman–Crippen LogP) is 3.63. The second-order valence-corrected chi connectivity index (χ2v) is 7.15. The summed E-state index contributed by atoms with van der Waals surface area (Å²) in [6.45, 7) is 4.81. The number of hydrogen-bond donors (Lipinski definition) is 1. The highest BCUT2D eigenvalue weighted by atomic mass is 32.2. The van der Waals surface area contributed by atoms with Crippen LogP contribution < -0.4 is 5.32 Å². The van der Waals surface area contributed by atoms with Crippen LogP contribution in [-0.2, 0) is 4.79 Å². The van der Waals surface area contributed by atoms with Gasteiger partial charge < -0.3 is 9.73 Å². The molecule has 24 heavy (non-hydrogen) atoms. The summed E-state index contributed by atoms with van der Waals surface area (Å²) in [6.07, 6.45) is 4.14. The average Bonchev–Trinajstić information content (AvgIpc) is 3.28. The van der Waals surface area contributed by atoms with E-state index < -0.39 is 0 Å². The van der Waals surface area contributed by atoms with Crippen molar-refractivity contribution >= 4 is 17.7 Å². The Bertz CT molecular complexity index is 651. The molecule has 1 aromatic heterocycles. The summed E-state index contributed by atoms with van der Waals surface area (Å²) < 4.78 is 5.59. The number of aryl methyl sites for hydroxylation is 1. The number of nitrogens with one attached hydrogen (secondary N) is 1. The molecule has 0 aliphatic carbocycles. The molecule has 1 unspecified atom stereocenters. The molecular formula is C19H24N2O2S. The van der Waals surface area contributed by atoms with Crippen molar-refractivity contribution in [2.75, 3.05) is 25.4 Å². The fraction of sp³-hybridized carbons (Fsp3) is 0.421. The molecule has 1 fully saturated rings. The van der Waals surface area contributed by atoms with Crippen LogP contribution in [0.15, 0.2) is 52.0 Å². The lowest BCUT2D eigenvalue weighted by molar-refractivity contribution is -0.118. The van der Waals surface area contributed by atoms with Gasteiger partial charge in [0.15, 0.2) is 0 Å². The molecule has 1 aliphatic rings. The SMILES string of the molecule is Cc1ccccc1SCC(=O)NCC(c1ccco1)N1CCCC1. The van der Waals surface area contributed by atoms with Gasteiger partial charge in [-0.2, -0.15) is 0 Å². The number of thioether (sulfide) groups is 1. The van der Waals surface area contributed by atoms with Crippen molar-refractivity contribution < 1.29 is 9.21 Å². The van der Waals surface area contributed by atoms with Crippen molar-refractivity contribution in [3.63, 3.8) is 0 Å². The highest BCUT2D eigenvalue weighted by Gasteiger charge is 2.25. The van der Waals surface area contributed by atoms with Crippen molar-refractivity contribution in [2.45, 2.75) is 30.7 Å². The lowest BCUT2D eigenvalue weighted by Crippen LogP contribution is -2.37.